The highest BCUT2D eigenvalue weighted by atomic mass is 32.2. The molecule has 1 aromatic heterocycles. The van der Waals surface area contributed by atoms with Gasteiger partial charge in [-0.1, -0.05) is 18.2 Å². The van der Waals surface area contributed by atoms with Crippen LogP contribution in [0.5, 0.6) is 0 Å². The summed E-state index contributed by atoms with van der Waals surface area (Å²) in [5.74, 6) is -0.132. The van der Waals surface area contributed by atoms with Crippen molar-refractivity contribution in [2.75, 3.05) is 0 Å². The summed E-state index contributed by atoms with van der Waals surface area (Å²) in [4.78, 5) is 10.9. The van der Waals surface area contributed by atoms with Gasteiger partial charge in [-0.25, -0.2) is 13.5 Å². The minimum Gasteiger partial charge on any atom is -0.268 e. The van der Waals surface area contributed by atoms with Crippen LogP contribution in [0.25, 0.3) is 0 Å². The number of aryl methyl sites for hydroxylation is 2. The third-order valence-corrected chi connectivity index (χ3v) is 4.48. The largest absolute Gasteiger partial charge is 0.268 e. The van der Waals surface area contributed by atoms with E-state index in [1.54, 1.807) is 6.07 Å². The lowest BCUT2D eigenvalue weighted by Crippen LogP contribution is -2.13. The fourth-order valence-electron chi connectivity index (χ4n) is 1.69. The summed E-state index contributed by atoms with van der Waals surface area (Å²) in [6.45, 7) is 3.90. The van der Waals surface area contributed by atoms with Crippen molar-refractivity contribution in [1.82, 2.24) is 10.2 Å². The lowest BCUT2D eigenvalue weighted by atomic mass is 10.1. The number of benzene rings is 1. The van der Waals surface area contributed by atoms with E-state index in [2.05, 4.69) is 10.2 Å². The third-order valence-electron chi connectivity index (χ3n) is 2.90. The fourth-order valence-corrected chi connectivity index (χ4v) is 2.92. The summed E-state index contributed by atoms with van der Waals surface area (Å²) >= 11 is 0. The number of nitrogens with one attached hydrogen (secondary N) is 1. The molecular formula is C13H14N2O3S. The number of nitrogens with zero attached hydrogens (tertiary/aromatic N) is 1. The Morgan fingerprint density at radius 3 is 2.42 bits per heavy atom. The van der Waals surface area contributed by atoms with E-state index in [-0.39, 0.29) is 10.8 Å². The van der Waals surface area contributed by atoms with Crippen molar-refractivity contribution >= 4 is 9.84 Å². The van der Waals surface area contributed by atoms with Crippen LogP contribution in [-0.4, -0.2) is 18.6 Å². The van der Waals surface area contributed by atoms with E-state index in [4.69, 9.17) is 0 Å². The SMILES string of the molecule is Cc1ccc(CS(=O)(=O)c2ccc(=O)[nH]n2)cc1C. The Morgan fingerprint density at radius 2 is 1.84 bits per heavy atom. The molecule has 0 fully saturated rings. The maximum absolute atomic E-state index is 12.1. The Labute approximate surface area is 111 Å². The average Bonchev–Trinajstić information content (AvgIpc) is 2.34. The highest BCUT2D eigenvalue weighted by molar-refractivity contribution is 7.90. The molecule has 0 radical (unpaired) electrons. The molecule has 0 aliphatic carbocycles. The second-order valence-corrected chi connectivity index (χ2v) is 6.37. The Bertz CT molecular complexity index is 743. The molecule has 2 rings (SSSR count). The number of sulfone groups is 1. The van der Waals surface area contributed by atoms with Gasteiger partial charge < -0.3 is 0 Å². The van der Waals surface area contributed by atoms with Crippen LogP contribution in [0.1, 0.15) is 16.7 Å². The topological polar surface area (TPSA) is 79.9 Å². The molecule has 0 bridgehead atoms. The van der Waals surface area contributed by atoms with Crippen LogP contribution in [0.4, 0.5) is 0 Å². The molecule has 0 unspecified atom stereocenters. The van der Waals surface area contributed by atoms with Crippen LogP contribution in [0, 0.1) is 13.8 Å². The van der Waals surface area contributed by atoms with Crippen molar-refractivity contribution in [3.8, 4) is 0 Å². The molecule has 100 valence electrons. The molecular weight excluding hydrogens is 264 g/mol. The number of rotatable bonds is 3. The summed E-state index contributed by atoms with van der Waals surface area (Å²) in [6, 6.07) is 7.89. The van der Waals surface area contributed by atoms with E-state index in [0.717, 1.165) is 17.2 Å². The summed E-state index contributed by atoms with van der Waals surface area (Å²) in [7, 11) is -3.54. The van der Waals surface area contributed by atoms with E-state index in [1.165, 1.54) is 6.07 Å². The van der Waals surface area contributed by atoms with Crippen molar-refractivity contribution in [1.29, 1.82) is 0 Å². The number of aromatic amines is 1. The predicted octanol–water partition coefficient (Wildman–Crippen LogP) is 1.36. The molecule has 0 aliphatic rings. The van der Waals surface area contributed by atoms with Crippen molar-refractivity contribution < 1.29 is 8.42 Å². The Hall–Kier alpha value is -1.95. The van der Waals surface area contributed by atoms with Crippen LogP contribution >= 0.6 is 0 Å². The van der Waals surface area contributed by atoms with Gasteiger partial charge in [0, 0.05) is 6.07 Å². The van der Waals surface area contributed by atoms with Gasteiger partial charge in [-0.05, 0) is 36.6 Å². The molecule has 0 aliphatic heterocycles. The van der Waals surface area contributed by atoms with E-state index in [1.807, 2.05) is 26.0 Å². The van der Waals surface area contributed by atoms with Crippen molar-refractivity contribution in [3.63, 3.8) is 0 Å². The van der Waals surface area contributed by atoms with Crippen LogP contribution < -0.4 is 5.56 Å². The highest BCUT2D eigenvalue weighted by Crippen LogP contribution is 2.16. The van der Waals surface area contributed by atoms with Gasteiger partial charge in [-0.3, -0.25) is 4.79 Å². The zero-order chi connectivity index (χ0) is 14.0. The maximum atomic E-state index is 12.1. The second kappa shape index (κ2) is 4.97. The van der Waals surface area contributed by atoms with Crippen LogP contribution in [-0.2, 0) is 15.6 Å². The standard InChI is InChI=1S/C13H14N2O3S/c1-9-3-4-11(7-10(9)2)8-19(17,18)13-6-5-12(16)14-15-13/h3-7H,8H2,1-2H3,(H,14,16). The Balaban J connectivity index is 2.33. The van der Waals surface area contributed by atoms with Crippen molar-refractivity contribution in [2.24, 2.45) is 0 Å². The molecule has 2 aromatic rings. The lowest BCUT2D eigenvalue weighted by molar-refractivity contribution is 0.589. The molecule has 0 spiro atoms. The molecule has 0 saturated carbocycles. The van der Waals surface area contributed by atoms with Crippen molar-refractivity contribution in [2.45, 2.75) is 24.6 Å². The Morgan fingerprint density at radius 1 is 1.11 bits per heavy atom. The molecule has 1 heterocycles. The smallest absolute Gasteiger partial charge is 0.264 e. The zero-order valence-electron chi connectivity index (χ0n) is 10.7. The maximum Gasteiger partial charge on any atom is 0.264 e. The van der Waals surface area contributed by atoms with Crippen LogP contribution in [0.2, 0.25) is 0 Å². The monoisotopic (exact) mass is 278 g/mol. The first-order valence-electron chi connectivity index (χ1n) is 5.73. The molecule has 1 N–H and O–H groups in total. The first-order chi connectivity index (χ1) is 8.88. The van der Waals surface area contributed by atoms with Crippen molar-refractivity contribution in [3.05, 3.63) is 57.4 Å². The average molecular weight is 278 g/mol. The molecule has 5 nitrogen and oxygen atoms in total. The molecule has 0 saturated heterocycles. The van der Waals surface area contributed by atoms with Gasteiger partial charge >= 0.3 is 0 Å². The van der Waals surface area contributed by atoms with Gasteiger partial charge in [0.1, 0.15) is 0 Å². The minimum atomic E-state index is -3.54. The van der Waals surface area contributed by atoms with E-state index < -0.39 is 15.4 Å². The third kappa shape index (κ3) is 3.08. The summed E-state index contributed by atoms with van der Waals surface area (Å²) in [5, 5.41) is 5.57. The Kier molecular flexibility index (Phi) is 3.53. The van der Waals surface area contributed by atoms with E-state index >= 15 is 0 Å². The van der Waals surface area contributed by atoms with Crippen LogP contribution in [0.3, 0.4) is 0 Å². The molecule has 19 heavy (non-hydrogen) atoms. The van der Waals surface area contributed by atoms with Gasteiger partial charge in [-0.2, -0.15) is 5.10 Å². The van der Waals surface area contributed by atoms with Gasteiger partial charge in [0.15, 0.2) is 5.03 Å². The number of aromatic nitrogens is 2. The first kappa shape index (κ1) is 13.5. The lowest BCUT2D eigenvalue weighted by Gasteiger charge is -2.06. The predicted molar refractivity (Wildman–Crippen MR) is 71.7 cm³/mol. The van der Waals surface area contributed by atoms with E-state index in [9.17, 15) is 13.2 Å². The van der Waals surface area contributed by atoms with Crippen LogP contribution in [0.15, 0.2) is 40.2 Å². The van der Waals surface area contributed by atoms with Gasteiger partial charge in [0.25, 0.3) is 5.56 Å². The van der Waals surface area contributed by atoms with E-state index in [0.29, 0.717) is 5.56 Å². The summed E-state index contributed by atoms with van der Waals surface area (Å²) < 4.78 is 24.2. The minimum absolute atomic E-state index is 0.120. The molecule has 1 aromatic carbocycles. The highest BCUT2D eigenvalue weighted by Gasteiger charge is 2.17. The number of hydrogen-bond donors (Lipinski definition) is 1. The zero-order valence-corrected chi connectivity index (χ0v) is 11.5. The van der Waals surface area contributed by atoms with Gasteiger partial charge in [0.05, 0.1) is 5.75 Å². The first-order valence-corrected chi connectivity index (χ1v) is 7.38. The molecule has 0 atom stereocenters. The fraction of sp³-hybridized carbons (Fsp3) is 0.231. The summed E-state index contributed by atoms with van der Waals surface area (Å²) in [5.41, 5.74) is 2.44. The molecule has 0 amide bonds. The molecule has 6 heteroatoms. The summed E-state index contributed by atoms with van der Waals surface area (Å²) in [6.07, 6.45) is 0. The van der Waals surface area contributed by atoms with Gasteiger partial charge in [0.2, 0.25) is 9.84 Å². The number of H-pyrrole nitrogens is 1. The second-order valence-electron chi connectivity index (χ2n) is 4.44. The number of hydrogen-bond acceptors (Lipinski definition) is 4. The normalized spacial score (nSPS) is 11.5. The quantitative estimate of drug-likeness (QED) is 0.919. The van der Waals surface area contributed by atoms with Gasteiger partial charge in [-0.15, -0.1) is 0 Å².